The van der Waals surface area contributed by atoms with Gasteiger partial charge >= 0.3 is 0 Å². The molecule has 0 N–H and O–H groups in total. The zero-order valence-corrected chi connectivity index (χ0v) is 10.1. The molecule has 0 aromatic rings. The normalized spacial score (nSPS) is 18.9. The van der Waals surface area contributed by atoms with E-state index < -0.39 is 0 Å². The van der Waals surface area contributed by atoms with Gasteiger partial charge in [0.15, 0.2) is 0 Å². The lowest BCUT2D eigenvalue weighted by molar-refractivity contribution is 0.607. The SMILES string of the molecule is CCCCCCCCC1=C2CCC(=C1)C2. The molecule has 0 saturated heterocycles. The molecular weight excluding hydrogens is 180 g/mol. The van der Waals surface area contributed by atoms with Crippen LogP contribution in [0.25, 0.3) is 0 Å². The van der Waals surface area contributed by atoms with Crippen molar-refractivity contribution in [2.45, 2.75) is 71.1 Å². The van der Waals surface area contributed by atoms with Crippen molar-refractivity contribution < 1.29 is 0 Å². The fraction of sp³-hybridized carbons (Fsp3) is 0.733. The van der Waals surface area contributed by atoms with Crippen LogP contribution in [0, 0.1) is 0 Å². The summed E-state index contributed by atoms with van der Waals surface area (Å²) >= 11 is 0. The average Bonchev–Trinajstić information content (AvgIpc) is 2.85. The van der Waals surface area contributed by atoms with Crippen molar-refractivity contribution in [3.8, 4) is 0 Å². The molecule has 0 aliphatic heterocycles. The fourth-order valence-electron chi connectivity index (χ4n) is 2.85. The molecule has 0 unspecified atom stereocenters. The molecule has 1 fully saturated rings. The second-order valence-electron chi connectivity index (χ2n) is 5.13. The van der Waals surface area contributed by atoms with Crippen LogP contribution in [0.4, 0.5) is 0 Å². The largest absolute Gasteiger partial charge is 0.0656 e. The van der Waals surface area contributed by atoms with Gasteiger partial charge in [-0.3, -0.25) is 0 Å². The maximum Gasteiger partial charge on any atom is -0.00992 e. The molecule has 0 heteroatoms. The summed E-state index contributed by atoms with van der Waals surface area (Å²) in [4.78, 5) is 0. The maximum absolute atomic E-state index is 2.49. The number of allylic oxidation sites excluding steroid dienone is 4. The highest BCUT2D eigenvalue weighted by Gasteiger charge is 2.21. The average molecular weight is 204 g/mol. The first kappa shape index (κ1) is 11.0. The summed E-state index contributed by atoms with van der Waals surface area (Å²) in [5.74, 6) is 0. The molecule has 0 radical (unpaired) electrons. The van der Waals surface area contributed by atoms with Crippen LogP contribution in [-0.2, 0) is 0 Å². The molecule has 0 aromatic heterocycles. The molecule has 2 aliphatic rings. The first-order chi connectivity index (χ1) is 7.40. The van der Waals surface area contributed by atoms with Crippen LogP contribution >= 0.6 is 0 Å². The van der Waals surface area contributed by atoms with Crippen molar-refractivity contribution in [2.24, 2.45) is 0 Å². The van der Waals surface area contributed by atoms with Crippen LogP contribution in [-0.4, -0.2) is 0 Å². The van der Waals surface area contributed by atoms with E-state index in [1.807, 2.05) is 0 Å². The monoisotopic (exact) mass is 204 g/mol. The van der Waals surface area contributed by atoms with E-state index in [0.29, 0.717) is 0 Å². The number of unbranched alkanes of at least 4 members (excludes halogenated alkanes) is 5. The number of hydrogen-bond donors (Lipinski definition) is 0. The van der Waals surface area contributed by atoms with Crippen LogP contribution < -0.4 is 0 Å². The summed E-state index contributed by atoms with van der Waals surface area (Å²) in [7, 11) is 0. The van der Waals surface area contributed by atoms with E-state index in [0.717, 1.165) is 0 Å². The molecule has 0 nitrogen and oxygen atoms in total. The van der Waals surface area contributed by atoms with Crippen LogP contribution in [0.2, 0.25) is 0 Å². The van der Waals surface area contributed by atoms with Gasteiger partial charge < -0.3 is 0 Å². The van der Waals surface area contributed by atoms with E-state index in [9.17, 15) is 0 Å². The van der Waals surface area contributed by atoms with E-state index in [1.54, 1.807) is 16.7 Å². The Kier molecular flexibility index (Phi) is 4.05. The molecule has 0 atom stereocenters. The zero-order valence-electron chi connectivity index (χ0n) is 10.1. The third-order valence-electron chi connectivity index (χ3n) is 3.82. The van der Waals surface area contributed by atoms with E-state index >= 15 is 0 Å². The van der Waals surface area contributed by atoms with Gasteiger partial charge in [-0.05, 0) is 37.7 Å². The first-order valence-corrected chi connectivity index (χ1v) is 6.80. The highest BCUT2D eigenvalue weighted by atomic mass is 14.3. The van der Waals surface area contributed by atoms with Crippen molar-refractivity contribution in [3.05, 3.63) is 22.8 Å². The first-order valence-electron chi connectivity index (χ1n) is 6.80. The standard InChI is InChI=1S/C15H24/c1-2-3-4-5-6-7-8-14-11-13-9-10-15(14)12-13/h11H,2-10,12H2,1H3. The zero-order chi connectivity index (χ0) is 10.5. The van der Waals surface area contributed by atoms with Gasteiger partial charge in [0.25, 0.3) is 0 Å². The summed E-state index contributed by atoms with van der Waals surface area (Å²) in [6, 6.07) is 0. The van der Waals surface area contributed by atoms with Gasteiger partial charge in [0.1, 0.15) is 0 Å². The third kappa shape index (κ3) is 2.96. The van der Waals surface area contributed by atoms with Gasteiger partial charge in [-0.15, -0.1) is 0 Å². The van der Waals surface area contributed by atoms with Gasteiger partial charge in [-0.2, -0.15) is 0 Å². The lowest BCUT2D eigenvalue weighted by Gasteiger charge is -2.06. The Bertz CT molecular complexity index is 268. The van der Waals surface area contributed by atoms with Gasteiger partial charge in [-0.1, -0.05) is 56.3 Å². The van der Waals surface area contributed by atoms with E-state index in [2.05, 4.69) is 13.0 Å². The molecule has 15 heavy (non-hydrogen) atoms. The Hall–Kier alpha value is -0.520. The fourth-order valence-corrected chi connectivity index (χ4v) is 2.85. The molecule has 0 aromatic carbocycles. The predicted octanol–water partition coefficient (Wildman–Crippen LogP) is 5.16. The Morgan fingerprint density at radius 1 is 1.00 bits per heavy atom. The Labute approximate surface area is 94.5 Å². The maximum atomic E-state index is 2.49. The van der Waals surface area contributed by atoms with E-state index in [1.165, 1.54) is 64.2 Å². The molecule has 84 valence electrons. The molecule has 0 amide bonds. The molecule has 2 aliphatic carbocycles. The lowest BCUT2D eigenvalue weighted by Crippen LogP contribution is -1.86. The molecule has 2 rings (SSSR count). The minimum atomic E-state index is 1.34. The molecule has 1 saturated carbocycles. The van der Waals surface area contributed by atoms with Crippen LogP contribution in [0.15, 0.2) is 22.8 Å². The number of hydrogen-bond acceptors (Lipinski definition) is 0. The smallest absolute Gasteiger partial charge is 0.00992 e. The van der Waals surface area contributed by atoms with Gasteiger partial charge in [-0.25, -0.2) is 0 Å². The summed E-state index contributed by atoms with van der Waals surface area (Å²) < 4.78 is 0. The molecule has 2 bridgehead atoms. The van der Waals surface area contributed by atoms with Gasteiger partial charge in [0.2, 0.25) is 0 Å². The van der Waals surface area contributed by atoms with Crippen molar-refractivity contribution in [1.29, 1.82) is 0 Å². The Morgan fingerprint density at radius 3 is 2.47 bits per heavy atom. The quantitative estimate of drug-likeness (QED) is 0.503. The summed E-state index contributed by atoms with van der Waals surface area (Å²) in [5, 5.41) is 0. The minimum absolute atomic E-state index is 1.34. The van der Waals surface area contributed by atoms with E-state index in [4.69, 9.17) is 0 Å². The Balaban J connectivity index is 1.57. The summed E-state index contributed by atoms with van der Waals surface area (Å²) in [6.07, 6.45) is 16.5. The third-order valence-corrected chi connectivity index (χ3v) is 3.82. The second-order valence-corrected chi connectivity index (χ2v) is 5.13. The molecule has 0 spiro atoms. The van der Waals surface area contributed by atoms with Crippen molar-refractivity contribution in [2.75, 3.05) is 0 Å². The van der Waals surface area contributed by atoms with Gasteiger partial charge in [0, 0.05) is 0 Å². The lowest BCUT2D eigenvalue weighted by atomic mass is 10.00. The highest BCUT2D eigenvalue weighted by Crippen LogP contribution is 2.40. The van der Waals surface area contributed by atoms with Crippen LogP contribution in [0.1, 0.15) is 71.1 Å². The predicted molar refractivity (Wildman–Crippen MR) is 67.0 cm³/mol. The molecule has 0 heterocycles. The number of rotatable bonds is 7. The highest BCUT2D eigenvalue weighted by molar-refractivity contribution is 5.43. The van der Waals surface area contributed by atoms with Crippen LogP contribution in [0.5, 0.6) is 0 Å². The minimum Gasteiger partial charge on any atom is -0.0656 e. The van der Waals surface area contributed by atoms with Crippen LogP contribution in [0.3, 0.4) is 0 Å². The molecular formula is C15H24. The second kappa shape index (κ2) is 5.53. The Morgan fingerprint density at radius 2 is 1.80 bits per heavy atom. The summed E-state index contributed by atoms with van der Waals surface area (Å²) in [6.45, 7) is 2.29. The van der Waals surface area contributed by atoms with Crippen molar-refractivity contribution >= 4 is 0 Å². The number of fused-ring (bicyclic) bond motifs is 2. The van der Waals surface area contributed by atoms with E-state index in [-0.39, 0.29) is 0 Å². The van der Waals surface area contributed by atoms with Gasteiger partial charge in [0.05, 0.1) is 0 Å². The van der Waals surface area contributed by atoms with Crippen molar-refractivity contribution in [3.63, 3.8) is 0 Å². The summed E-state index contributed by atoms with van der Waals surface area (Å²) in [5.41, 5.74) is 5.20. The topological polar surface area (TPSA) is 0 Å². The van der Waals surface area contributed by atoms with Crippen molar-refractivity contribution in [1.82, 2.24) is 0 Å².